The number of para-hydroxylation sites is 1. The van der Waals surface area contributed by atoms with Gasteiger partial charge in [-0.3, -0.25) is 9.36 Å². The molecule has 3 aromatic rings. The zero-order chi connectivity index (χ0) is 17.9. The zero-order valence-corrected chi connectivity index (χ0v) is 16.0. The number of nitrogens with one attached hydrogen (secondary N) is 1. The Labute approximate surface area is 155 Å². The molecule has 1 N–H and O–H groups in total. The SMILES string of the molecule is CC(C)(C)n1c(SCC(=O)Nc2ccccc2)nnc1-c1ccsc1. The van der Waals surface area contributed by atoms with Gasteiger partial charge >= 0.3 is 0 Å². The maximum absolute atomic E-state index is 12.2. The molecule has 3 rings (SSSR count). The van der Waals surface area contributed by atoms with Gasteiger partial charge in [0.25, 0.3) is 0 Å². The fourth-order valence-corrected chi connectivity index (χ4v) is 3.95. The molecule has 1 aromatic carbocycles. The van der Waals surface area contributed by atoms with E-state index in [-0.39, 0.29) is 17.2 Å². The van der Waals surface area contributed by atoms with Gasteiger partial charge in [0.1, 0.15) is 0 Å². The van der Waals surface area contributed by atoms with Crippen LogP contribution in [0.25, 0.3) is 11.4 Å². The molecule has 2 heterocycles. The van der Waals surface area contributed by atoms with E-state index in [2.05, 4.69) is 46.2 Å². The van der Waals surface area contributed by atoms with E-state index in [0.29, 0.717) is 0 Å². The number of amides is 1. The summed E-state index contributed by atoms with van der Waals surface area (Å²) in [6.07, 6.45) is 0. The van der Waals surface area contributed by atoms with Gasteiger partial charge in [0.15, 0.2) is 11.0 Å². The van der Waals surface area contributed by atoms with Gasteiger partial charge in [-0.1, -0.05) is 30.0 Å². The number of hydrogen-bond donors (Lipinski definition) is 1. The van der Waals surface area contributed by atoms with Crippen LogP contribution in [-0.4, -0.2) is 26.4 Å². The Balaban J connectivity index is 1.75. The van der Waals surface area contributed by atoms with Crippen LogP contribution in [-0.2, 0) is 10.3 Å². The van der Waals surface area contributed by atoms with Gasteiger partial charge in [0.2, 0.25) is 5.91 Å². The molecule has 25 heavy (non-hydrogen) atoms. The van der Waals surface area contributed by atoms with Crippen molar-refractivity contribution in [3.05, 3.63) is 47.2 Å². The average molecular weight is 373 g/mol. The van der Waals surface area contributed by atoms with Crippen molar-refractivity contribution in [1.29, 1.82) is 0 Å². The molecule has 0 bridgehead atoms. The van der Waals surface area contributed by atoms with Crippen molar-refractivity contribution in [2.75, 3.05) is 11.1 Å². The Hall–Kier alpha value is -2.12. The van der Waals surface area contributed by atoms with Crippen LogP contribution >= 0.6 is 23.1 Å². The maximum Gasteiger partial charge on any atom is 0.234 e. The van der Waals surface area contributed by atoms with Gasteiger partial charge in [-0.2, -0.15) is 11.3 Å². The van der Waals surface area contributed by atoms with Crippen LogP contribution in [0.15, 0.2) is 52.3 Å². The molecule has 0 aliphatic rings. The van der Waals surface area contributed by atoms with Crippen LogP contribution in [0.1, 0.15) is 20.8 Å². The van der Waals surface area contributed by atoms with E-state index in [9.17, 15) is 4.79 Å². The smallest absolute Gasteiger partial charge is 0.234 e. The first-order chi connectivity index (χ1) is 11.9. The highest BCUT2D eigenvalue weighted by Gasteiger charge is 2.24. The van der Waals surface area contributed by atoms with Crippen LogP contribution in [0.2, 0.25) is 0 Å². The molecule has 0 aliphatic heterocycles. The zero-order valence-electron chi connectivity index (χ0n) is 14.4. The molecule has 0 fully saturated rings. The van der Waals surface area contributed by atoms with E-state index < -0.39 is 0 Å². The summed E-state index contributed by atoms with van der Waals surface area (Å²) in [4.78, 5) is 12.2. The van der Waals surface area contributed by atoms with Crippen LogP contribution in [0.5, 0.6) is 0 Å². The largest absolute Gasteiger partial charge is 0.325 e. The van der Waals surface area contributed by atoms with Crippen molar-refractivity contribution >= 4 is 34.7 Å². The minimum atomic E-state index is -0.182. The van der Waals surface area contributed by atoms with Crippen LogP contribution in [0.4, 0.5) is 5.69 Å². The number of rotatable bonds is 5. The lowest BCUT2D eigenvalue weighted by molar-refractivity contribution is -0.113. The second-order valence-corrected chi connectivity index (χ2v) is 8.25. The van der Waals surface area contributed by atoms with E-state index >= 15 is 0 Å². The van der Waals surface area contributed by atoms with E-state index in [0.717, 1.165) is 22.2 Å². The lowest BCUT2D eigenvalue weighted by Gasteiger charge is -2.24. The standard InChI is InChI=1S/C18H20N4OS2/c1-18(2,3)22-16(13-9-10-24-11-13)20-21-17(22)25-12-15(23)19-14-7-5-4-6-8-14/h4-11H,12H2,1-3H3,(H,19,23). The van der Waals surface area contributed by atoms with Crippen LogP contribution in [0, 0.1) is 0 Å². The molecule has 0 radical (unpaired) electrons. The molecular weight excluding hydrogens is 352 g/mol. The lowest BCUT2D eigenvalue weighted by Crippen LogP contribution is -2.24. The summed E-state index contributed by atoms with van der Waals surface area (Å²) in [5.74, 6) is 1.06. The second-order valence-electron chi connectivity index (χ2n) is 6.53. The van der Waals surface area contributed by atoms with Gasteiger partial charge in [-0.15, -0.1) is 10.2 Å². The minimum Gasteiger partial charge on any atom is -0.325 e. The van der Waals surface area contributed by atoms with E-state index in [4.69, 9.17) is 0 Å². The lowest BCUT2D eigenvalue weighted by atomic mass is 10.1. The summed E-state index contributed by atoms with van der Waals surface area (Å²) in [6, 6.07) is 11.5. The highest BCUT2D eigenvalue weighted by Crippen LogP contribution is 2.31. The first kappa shape index (κ1) is 17.7. The van der Waals surface area contributed by atoms with Gasteiger partial charge < -0.3 is 5.32 Å². The molecule has 7 heteroatoms. The number of thiophene rings is 1. The van der Waals surface area contributed by atoms with Gasteiger partial charge in [0.05, 0.1) is 5.75 Å². The Morgan fingerprint density at radius 1 is 1.20 bits per heavy atom. The van der Waals surface area contributed by atoms with Crippen molar-refractivity contribution < 1.29 is 4.79 Å². The van der Waals surface area contributed by atoms with Crippen LogP contribution in [0.3, 0.4) is 0 Å². The van der Waals surface area contributed by atoms with E-state index in [1.54, 1.807) is 11.3 Å². The topological polar surface area (TPSA) is 59.8 Å². The second kappa shape index (κ2) is 7.41. The summed E-state index contributed by atoms with van der Waals surface area (Å²) < 4.78 is 2.09. The van der Waals surface area contributed by atoms with Crippen molar-refractivity contribution in [3.63, 3.8) is 0 Å². The third kappa shape index (κ3) is 4.29. The molecule has 0 unspecified atom stereocenters. The highest BCUT2D eigenvalue weighted by molar-refractivity contribution is 7.99. The van der Waals surface area contributed by atoms with Crippen molar-refractivity contribution in [2.24, 2.45) is 0 Å². The number of hydrogen-bond acceptors (Lipinski definition) is 5. The van der Waals surface area contributed by atoms with Crippen LogP contribution < -0.4 is 5.32 Å². The summed E-state index contributed by atoms with van der Waals surface area (Å²) in [5.41, 5.74) is 1.66. The highest BCUT2D eigenvalue weighted by atomic mass is 32.2. The number of carbonyl (C=O) groups excluding carboxylic acids is 1. The Kier molecular flexibility index (Phi) is 5.24. The third-order valence-electron chi connectivity index (χ3n) is 3.47. The fraction of sp³-hybridized carbons (Fsp3) is 0.278. The predicted octanol–water partition coefficient (Wildman–Crippen LogP) is 4.49. The molecule has 2 aromatic heterocycles. The normalized spacial score (nSPS) is 11.5. The number of anilines is 1. The Bertz CT molecular complexity index is 836. The predicted molar refractivity (Wildman–Crippen MR) is 104 cm³/mol. The molecule has 0 saturated heterocycles. The molecule has 1 amide bonds. The first-order valence-corrected chi connectivity index (χ1v) is 9.84. The Morgan fingerprint density at radius 3 is 2.60 bits per heavy atom. The molecule has 5 nitrogen and oxygen atoms in total. The number of aromatic nitrogens is 3. The fourth-order valence-electron chi connectivity index (χ4n) is 2.40. The summed E-state index contributed by atoms with van der Waals surface area (Å²) in [7, 11) is 0. The molecular formula is C18H20N4OS2. The molecule has 0 atom stereocenters. The van der Waals surface area contributed by atoms with Crippen molar-refractivity contribution in [3.8, 4) is 11.4 Å². The number of benzene rings is 1. The average Bonchev–Trinajstić information content (AvgIpc) is 3.22. The van der Waals surface area contributed by atoms with Crippen molar-refractivity contribution in [2.45, 2.75) is 31.5 Å². The molecule has 130 valence electrons. The molecule has 0 saturated carbocycles. The van der Waals surface area contributed by atoms with Gasteiger partial charge in [-0.25, -0.2) is 0 Å². The first-order valence-electron chi connectivity index (χ1n) is 7.91. The number of thioether (sulfide) groups is 1. The number of carbonyl (C=O) groups is 1. The van der Waals surface area contributed by atoms with Crippen molar-refractivity contribution in [1.82, 2.24) is 14.8 Å². The maximum atomic E-state index is 12.2. The summed E-state index contributed by atoms with van der Waals surface area (Å²) in [6.45, 7) is 6.33. The molecule has 0 aliphatic carbocycles. The van der Waals surface area contributed by atoms with E-state index in [1.165, 1.54) is 11.8 Å². The summed E-state index contributed by atoms with van der Waals surface area (Å²) in [5, 5.41) is 16.4. The van der Waals surface area contributed by atoms with Gasteiger partial charge in [0, 0.05) is 22.2 Å². The quantitative estimate of drug-likeness (QED) is 0.670. The molecule has 0 spiro atoms. The summed E-state index contributed by atoms with van der Waals surface area (Å²) >= 11 is 3.03. The van der Waals surface area contributed by atoms with E-state index in [1.807, 2.05) is 41.8 Å². The monoisotopic (exact) mass is 372 g/mol. The number of nitrogens with zero attached hydrogens (tertiary/aromatic N) is 3. The Morgan fingerprint density at radius 2 is 1.96 bits per heavy atom. The third-order valence-corrected chi connectivity index (χ3v) is 5.09. The van der Waals surface area contributed by atoms with Gasteiger partial charge in [-0.05, 0) is 44.4 Å². The minimum absolute atomic E-state index is 0.0586.